The maximum Gasteiger partial charge on any atom is 0.343 e. The number of carbonyl (C=O) groups is 1. The summed E-state index contributed by atoms with van der Waals surface area (Å²) >= 11 is 0. The Morgan fingerprint density at radius 3 is 2.25 bits per heavy atom. The lowest BCUT2D eigenvalue weighted by atomic mass is 10.1. The number of carbonyl (C=O) groups excluding carboxylic acids is 1. The van der Waals surface area contributed by atoms with Gasteiger partial charge in [0.2, 0.25) is 0 Å². The summed E-state index contributed by atoms with van der Waals surface area (Å²) < 4.78 is 11.2. The third-order valence-electron chi connectivity index (χ3n) is 5.20. The summed E-state index contributed by atoms with van der Waals surface area (Å²) in [6.45, 7) is 4.96. The number of aryl methyl sites for hydroxylation is 1. The second-order valence-electron chi connectivity index (χ2n) is 7.79. The molecule has 0 aliphatic heterocycles. The number of hydrogen-bond acceptors (Lipinski definition) is 4. The van der Waals surface area contributed by atoms with Crippen molar-refractivity contribution in [3.05, 3.63) is 89.5 Å². The molecule has 3 aromatic rings. The zero-order chi connectivity index (χ0) is 22.6. The van der Waals surface area contributed by atoms with Crippen LogP contribution in [0.1, 0.15) is 60.5 Å². The monoisotopic (exact) mass is 429 g/mol. The summed E-state index contributed by atoms with van der Waals surface area (Å²) in [6, 6.07) is 22.3. The molecule has 0 aliphatic carbocycles. The Hall–Kier alpha value is -3.40. The zero-order valence-corrected chi connectivity index (χ0v) is 18.9. The van der Waals surface area contributed by atoms with E-state index in [1.54, 1.807) is 24.3 Å². The number of benzene rings is 3. The van der Waals surface area contributed by atoms with Crippen LogP contribution in [-0.4, -0.2) is 18.8 Å². The molecule has 0 aromatic heterocycles. The predicted octanol–water partition coefficient (Wildman–Crippen LogP) is 7.31. The molecule has 0 aliphatic rings. The molecule has 4 heteroatoms. The van der Waals surface area contributed by atoms with Crippen LogP contribution >= 0.6 is 0 Å². The van der Waals surface area contributed by atoms with Crippen LogP contribution in [0.25, 0.3) is 0 Å². The lowest BCUT2D eigenvalue weighted by Crippen LogP contribution is -2.08. The van der Waals surface area contributed by atoms with Crippen molar-refractivity contribution in [2.45, 2.75) is 46.0 Å². The van der Waals surface area contributed by atoms with E-state index in [2.05, 4.69) is 24.9 Å². The molecular formula is C28H31NO3. The van der Waals surface area contributed by atoms with E-state index in [1.165, 1.54) is 31.2 Å². The average Bonchev–Trinajstić information content (AvgIpc) is 2.82. The summed E-state index contributed by atoms with van der Waals surface area (Å²) in [5, 5.41) is 0. The predicted molar refractivity (Wildman–Crippen MR) is 131 cm³/mol. The van der Waals surface area contributed by atoms with Gasteiger partial charge in [-0.3, -0.25) is 4.99 Å². The molecule has 0 fully saturated rings. The number of nitrogens with zero attached hydrogens (tertiary/aromatic N) is 1. The van der Waals surface area contributed by atoms with E-state index in [9.17, 15) is 4.79 Å². The summed E-state index contributed by atoms with van der Waals surface area (Å²) in [5.41, 5.74) is 3.53. The third kappa shape index (κ3) is 7.38. The van der Waals surface area contributed by atoms with E-state index < -0.39 is 5.97 Å². The fourth-order valence-electron chi connectivity index (χ4n) is 3.22. The van der Waals surface area contributed by atoms with Crippen LogP contribution in [0.2, 0.25) is 0 Å². The first-order valence-electron chi connectivity index (χ1n) is 11.3. The number of unbranched alkanes of at least 4 members (excludes halogenated alkanes) is 4. The minimum Gasteiger partial charge on any atom is -0.494 e. The van der Waals surface area contributed by atoms with E-state index in [0.717, 1.165) is 23.4 Å². The van der Waals surface area contributed by atoms with E-state index in [-0.39, 0.29) is 0 Å². The zero-order valence-electron chi connectivity index (χ0n) is 18.9. The summed E-state index contributed by atoms with van der Waals surface area (Å²) in [6.07, 6.45) is 7.85. The average molecular weight is 430 g/mol. The van der Waals surface area contributed by atoms with Crippen LogP contribution < -0.4 is 9.47 Å². The molecule has 0 amide bonds. The molecule has 166 valence electrons. The Balaban J connectivity index is 1.48. The van der Waals surface area contributed by atoms with Crippen LogP contribution in [-0.2, 0) is 0 Å². The molecule has 4 nitrogen and oxygen atoms in total. The first kappa shape index (κ1) is 23.3. The molecule has 0 atom stereocenters. The lowest BCUT2D eigenvalue weighted by Gasteiger charge is -2.08. The Labute approximate surface area is 190 Å². The van der Waals surface area contributed by atoms with Crippen LogP contribution in [0.15, 0.2) is 77.8 Å². The lowest BCUT2D eigenvalue weighted by molar-refractivity contribution is 0.0734. The maximum absolute atomic E-state index is 12.4. The van der Waals surface area contributed by atoms with Crippen molar-refractivity contribution < 1.29 is 14.3 Å². The van der Waals surface area contributed by atoms with Gasteiger partial charge in [-0.05, 0) is 73.0 Å². The molecule has 0 heterocycles. The molecule has 3 rings (SSSR count). The van der Waals surface area contributed by atoms with Crippen molar-refractivity contribution in [3.63, 3.8) is 0 Å². The number of aliphatic imine (C=N–C) groups is 1. The van der Waals surface area contributed by atoms with E-state index in [0.29, 0.717) is 17.9 Å². The highest BCUT2D eigenvalue weighted by Gasteiger charge is 2.09. The smallest absolute Gasteiger partial charge is 0.343 e. The Morgan fingerprint density at radius 1 is 0.844 bits per heavy atom. The second-order valence-corrected chi connectivity index (χ2v) is 7.79. The van der Waals surface area contributed by atoms with Crippen molar-refractivity contribution in [1.29, 1.82) is 0 Å². The largest absolute Gasteiger partial charge is 0.494 e. The van der Waals surface area contributed by atoms with Crippen LogP contribution in [0.5, 0.6) is 11.5 Å². The van der Waals surface area contributed by atoms with Crippen molar-refractivity contribution in [2.24, 2.45) is 4.99 Å². The molecule has 0 saturated carbocycles. The van der Waals surface area contributed by atoms with E-state index in [4.69, 9.17) is 9.47 Å². The van der Waals surface area contributed by atoms with Gasteiger partial charge in [-0.1, -0.05) is 56.9 Å². The molecule has 0 spiro atoms. The normalized spacial score (nSPS) is 10.9. The fraction of sp³-hybridized carbons (Fsp3) is 0.286. The van der Waals surface area contributed by atoms with Gasteiger partial charge in [0.25, 0.3) is 0 Å². The topological polar surface area (TPSA) is 47.9 Å². The Kier molecular flexibility index (Phi) is 9.05. The maximum atomic E-state index is 12.4. The highest BCUT2D eigenvalue weighted by molar-refractivity contribution is 5.91. The summed E-state index contributed by atoms with van der Waals surface area (Å²) in [5.74, 6) is 0.859. The second kappa shape index (κ2) is 12.5. The number of hydrogen-bond donors (Lipinski definition) is 0. The Morgan fingerprint density at radius 2 is 1.53 bits per heavy atom. The molecule has 0 saturated heterocycles. The molecule has 0 radical (unpaired) electrons. The fourth-order valence-corrected chi connectivity index (χ4v) is 3.22. The van der Waals surface area contributed by atoms with Crippen LogP contribution in [0.3, 0.4) is 0 Å². The van der Waals surface area contributed by atoms with E-state index >= 15 is 0 Å². The molecule has 0 N–H and O–H groups in total. The SMILES string of the molecule is CCCCCCCOc1ccc(C(=O)Oc2ccc(N=Cc3ccccc3C)cc2)cc1. The molecular weight excluding hydrogens is 398 g/mol. The van der Waals surface area contributed by atoms with Gasteiger partial charge >= 0.3 is 5.97 Å². The standard InChI is InChI=1S/C28H31NO3/c1-3-4-5-6-9-20-31-26-16-12-23(13-17-26)28(30)32-27-18-14-25(15-19-27)29-21-24-11-8-7-10-22(24)2/h7-8,10-19,21H,3-6,9,20H2,1-2H3. The van der Waals surface area contributed by atoms with Gasteiger partial charge in [0.15, 0.2) is 0 Å². The van der Waals surface area contributed by atoms with E-state index in [1.807, 2.05) is 48.7 Å². The van der Waals surface area contributed by atoms with Gasteiger partial charge in [-0.15, -0.1) is 0 Å². The van der Waals surface area contributed by atoms with Crippen molar-refractivity contribution in [1.82, 2.24) is 0 Å². The molecule has 32 heavy (non-hydrogen) atoms. The Bertz CT molecular complexity index is 1010. The highest BCUT2D eigenvalue weighted by Crippen LogP contribution is 2.20. The van der Waals surface area contributed by atoms with Crippen LogP contribution in [0.4, 0.5) is 5.69 Å². The first-order valence-corrected chi connectivity index (χ1v) is 11.3. The number of esters is 1. The van der Waals surface area contributed by atoms with Gasteiger partial charge in [0.1, 0.15) is 11.5 Å². The minimum absolute atomic E-state index is 0.396. The van der Waals surface area contributed by atoms with Gasteiger partial charge in [-0.25, -0.2) is 4.79 Å². The van der Waals surface area contributed by atoms with Crippen molar-refractivity contribution >= 4 is 17.9 Å². The minimum atomic E-state index is -0.396. The quantitative estimate of drug-likeness (QED) is 0.139. The molecule has 0 bridgehead atoms. The van der Waals surface area contributed by atoms with Crippen LogP contribution in [0, 0.1) is 6.92 Å². The molecule has 3 aromatic carbocycles. The van der Waals surface area contributed by atoms with Crippen molar-refractivity contribution in [3.8, 4) is 11.5 Å². The first-order chi connectivity index (χ1) is 15.7. The van der Waals surface area contributed by atoms with Gasteiger partial charge in [0.05, 0.1) is 17.9 Å². The number of ether oxygens (including phenoxy) is 2. The third-order valence-corrected chi connectivity index (χ3v) is 5.20. The van der Waals surface area contributed by atoms with Gasteiger partial charge in [0, 0.05) is 6.21 Å². The highest BCUT2D eigenvalue weighted by atomic mass is 16.5. The number of rotatable bonds is 11. The van der Waals surface area contributed by atoms with Crippen molar-refractivity contribution in [2.75, 3.05) is 6.61 Å². The van der Waals surface area contributed by atoms with Gasteiger partial charge < -0.3 is 9.47 Å². The summed E-state index contributed by atoms with van der Waals surface area (Å²) in [4.78, 5) is 16.9. The summed E-state index contributed by atoms with van der Waals surface area (Å²) in [7, 11) is 0. The van der Waals surface area contributed by atoms with Gasteiger partial charge in [-0.2, -0.15) is 0 Å². The molecule has 0 unspecified atom stereocenters.